The lowest BCUT2D eigenvalue weighted by Gasteiger charge is -2.15. The number of aromatic nitrogens is 1. The summed E-state index contributed by atoms with van der Waals surface area (Å²) < 4.78 is 13.3. The van der Waals surface area contributed by atoms with E-state index in [0.29, 0.717) is 10.8 Å². The number of rotatable bonds is 9. The van der Waals surface area contributed by atoms with Crippen LogP contribution in [0.5, 0.6) is 0 Å². The van der Waals surface area contributed by atoms with Crippen molar-refractivity contribution in [1.29, 1.82) is 0 Å². The first-order valence-electron chi connectivity index (χ1n) is 9.98. The number of anilines is 3. The zero-order chi connectivity index (χ0) is 20.6. The molecular weight excluding hydrogens is 385 g/mol. The average molecular weight is 412 g/mol. The molecule has 0 saturated heterocycles. The second-order valence-electron chi connectivity index (χ2n) is 6.99. The van der Waals surface area contributed by atoms with Crippen LogP contribution in [0.1, 0.15) is 39.5 Å². The lowest BCUT2D eigenvalue weighted by atomic mass is 9.98. The lowest BCUT2D eigenvalue weighted by molar-refractivity contribution is -0.120. The lowest BCUT2D eigenvalue weighted by Crippen LogP contribution is -2.22. The highest BCUT2D eigenvalue weighted by Crippen LogP contribution is 2.29. The molecule has 0 radical (unpaired) electrons. The van der Waals surface area contributed by atoms with Gasteiger partial charge in [-0.05, 0) is 43.2 Å². The van der Waals surface area contributed by atoms with E-state index in [1.165, 1.54) is 23.5 Å². The summed E-state index contributed by atoms with van der Waals surface area (Å²) in [6.45, 7) is 4.19. The van der Waals surface area contributed by atoms with E-state index in [2.05, 4.69) is 29.5 Å². The topological polar surface area (TPSA) is 54.0 Å². The normalized spacial score (nSPS) is 11.8. The molecular formula is C23H26FN3OS. The van der Waals surface area contributed by atoms with Gasteiger partial charge in [-0.25, -0.2) is 9.37 Å². The third kappa shape index (κ3) is 5.87. The number of carbonyl (C=O) groups excluding carboxylic acids is 1. The van der Waals surface area contributed by atoms with E-state index in [-0.39, 0.29) is 17.6 Å². The molecule has 0 spiro atoms. The summed E-state index contributed by atoms with van der Waals surface area (Å²) in [5.74, 6) is -0.177. The summed E-state index contributed by atoms with van der Waals surface area (Å²) in [7, 11) is 0. The number of halogens is 1. The van der Waals surface area contributed by atoms with Crippen molar-refractivity contribution < 1.29 is 9.18 Å². The first kappa shape index (κ1) is 21.0. The highest BCUT2D eigenvalue weighted by molar-refractivity contribution is 7.14. The van der Waals surface area contributed by atoms with Crippen molar-refractivity contribution in [1.82, 2.24) is 4.98 Å². The molecule has 3 rings (SSSR count). The summed E-state index contributed by atoms with van der Waals surface area (Å²) in [5, 5.41) is 8.79. The minimum absolute atomic E-state index is 0.0416. The van der Waals surface area contributed by atoms with Crippen LogP contribution in [0.3, 0.4) is 0 Å². The second kappa shape index (κ2) is 10.2. The fourth-order valence-corrected chi connectivity index (χ4v) is 3.87. The molecule has 6 heteroatoms. The van der Waals surface area contributed by atoms with E-state index in [0.717, 1.165) is 42.6 Å². The fourth-order valence-electron chi connectivity index (χ4n) is 3.13. The number of benzene rings is 2. The van der Waals surface area contributed by atoms with E-state index in [9.17, 15) is 9.18 Å². The quantitative estimate of drug-likeness (QED) is 0.405. The van der Waals surface area contributed by atoms with E-state index < -0.39 is 0 Å². The monoisotopic (exact) mass is 411 g/mol. The zero-order valence-corrected chi connectivity index (χ0v) is 17.6. The van der Waals surface area contributed by atoms with E-state index in [1.807, 2.05) is 29.6 Å². The Morgan fingerprint density at radius 3 is 2.69 bits per heavy atom. The van der Waals surface area contributed by atoms with Crippen molar-refractivity contribution in [2.75, 3.05) is 10.6 Å². The summed E-state index contributed by atoms with van der Waals surface area (Å²) in [5.41, 5.74) is 3.16. The van der Waals surface area contributed by atoms with E-state index in [4.69, 9.17) is 0 Å². The number of hydrogen-bond donors (Lipinski definition) is 2. The van der Waals surface area contributed by atoms with Crippen molar-refractivity contribution in [2.45, 2.75) is 39.5 Å². The molecule has 1 heterocycles. The van der Waals surface area contributed by atoms with Gasteiger partial charge in [-0.1, -0.05) is 44.9 Å². The highest BCUT2D eigenvalue weighted by atomic mass is 32.1. The summed E-state index contributed by atoms with van der Waals surface area (Å²) >= 11 is 1.45. The zero-order valence-electron chi connectivity index (χ0n) is 16.7. The molecule has 0 bridgehead atoms. The van der Waals surface area contributed by atoms with Gasteiger partial charge in [-0.15, -0.1) is 11.3 Å². The Bertz CT molecular complexity index is 957. The number of carbonyl (C=O) groups is 1. The molecule has 4 nitrogen and oxygen atoms in total. The van der Waals surface area contributed by atoms with Gasteiger partial charge in [0.2, 0.25) is 5.91 Å². The van der Waals surface area contributed by atoms with Gasteiger partial charge in [0.1, 0.15) is 5.82 Å². The molecule has 0 aliphatic carbocycles. The van der Waals surface area contributed by atoms with E-state index >= 15 is 0 Å². The van der Waals surface area contributed by atoms with Crippen molar-refractivity contribution in [3.05, 3.63) is 59.7 Å². The number of nitrogens with one attached hydrogen (secondary N) is 2. The third-order valence-corrected chi connectivity index (χ3v) is 5.53. The molecule has 0 fully saturated rings. The molecule has 0 unspecified atom stereocenters. The van der Waals surface area contributed by atoms with Crippen LogP contribution in [0.4, 0.5) is 20.9 Å². The highest BCUT2D eigenvalue weighted by Gasteiger charge is 2.16. The minimum atomic E-state index is -0.292. The van der Waals surface area contributed by atoms with Crippen LogP contribution < -0.4 is 10.6 Å². The first-order valence-corrected chi connectivity index (χ1v) is 10.9. The Hall–Kier alpha value is -2.73. The van der Waals surface area contributed by atoms with Gasteiger partial charge in [-0.2, -0.15) is 0 Å². The molecule has 152 valence electrons. The van der Waals surface area contributed by atoms with Gasteiger partial charge in [0.15, 0.2) is 5.13 Å². The Morgan fingerprint density at radius 2 is 1.93 bits per heavy atom. The maximum absolute atomic E-state index is 13.3. The summed E-state index contributed by atoms with van der Waals surface area (Å²) in [6, 6.07) is 14.0. The van der Waals surface area contributed by atoms with Crippen LogP contribution in [0, 0.1) is 11.7 Å². The number of unbranched alkanes of at least 4 members (excludes halogenated alkanes) is 1. The van der Waals surface area contributed by atoms with Crippen molar-refractivity contribution in [3.8, 4) is 11.3 Å². The summed E-state index contributed by atoms with van der Waals surface area (Å²) in [6.07, 6.45) is 3.91. The number of thiazole rings is 1. The van der Waals surface area contributed by atoms with Crippen LogP contribution in [0.25, 0.3) is 11.3 Å². The third-order valence-electron chi connectivity index (χ3n) is 4.78. The Labute approximate surface area is 175 Å². The molecule has 2 N–H and O–H groups in total. The molecule has 1 amide bonds. The van der Waals surface area contributed by atoms with Crippen molar-refractivity contribution in [3.63, 3.8) is 0 Å². The fraction of sp³-hybridized carbons (Fsp3) is 0.304. The van der Waals surface area contributed by atoms with Crippen LogP contribution >= 0.6 is 11.3 Å². The summed E-state index contributed by atoms with van der Waals surface area (Å²) in [4.78, 5) is 17.2. The second-order valence-corrected chi connectivity index (χ2v) is 7.85. The van der Waals surface area contributed by atoms with Crippen LogP contribution in [-0.2, 0) is 4.79 Å². The molecule has 29 heavy (non-hydrogen) atoms. The first-order chi connectivity index (χ1) is 14.1. The van der Waals surface area contributed by atoms with Gasteiger partial charge in [0, 0.05) is 28.2 Å². The van der Waals surface area contributed by atoms with Gasteiger partial charge < -0.3 is 10.6 Å². The standard InChI is InChI=1S/C23H26FN3OS/c1-3-5-8-16(4-2)22(28)25-19-11-6-9-17(13-19)21-15-29-23(27-21)26-20-12-7-10-18(24)14-20/h6-7,9-16H,3-5,8H2,1-2H3,(H,25,28)(H,26,27)/t16-/m0/s1. The maximum Gasteiger partial charge on any atom is 0.227 e. The van der Waals surface area contributed by atoms with Gasteiger partial charge >= 0.3 is 0 Å². The molecule has 0 aliphatic heterocycles. The van der Waals surface area contributed by atoms with Crippen molar-refractivity contribution >= 4 is 33.8 Å². The number of nitrogens with zero attached hydrogens (tertiary/aromatic N) is 1. The molecule has 1 atom stereocenters. The smallest absolute Gasteiger partial charge is 0.227 e. The van der Waals surface area contributed by atoms with Gasteiger partial charge in [0.05, 0.1) is 5.69 Å². The van der Waals surface area contributed by atoms with Gasteiger partial charge in [-0.3, -0.25) is 4.79 Å². The SMILES string of the molecule is CCCC[C@H](CC)C(=O)Nc1cccc(-c2csc(Nc3cccc(F)c3)n2)c1. The molecule has 3 aromatic rings. The number of amides is 1. The minimum Gasteiger partial charge on any atom is -0.331 e. The predicted molar refractivity (Wildman–Crippen MR) is 119 cm³/mol. The van der Waals surface area contributed by atoms with E-state index in [1.54, 1.807) is 12.1 Å². The Balaban J connectivity index is 1.69. The van der Waals surface area contributed by atoms with Crippen molar-refractivity contribution in [2.24, 2.45) is 5.92 Å². The predicted octanol–water partition coefficient (Wildman–Crippen LogP) is 6.85. The Kier molecular flexibility index (Phi) is 7.36. The van der Waals surface area contributed by atoms with Crippen LogP contribution in [0.15, 0.2) is 53.9 Å². The van der Waals surface area contributed by atoms with Crippen LogP contribution in [-0.4, -0.2) is 10.9 Å². The average Bonchev–Trinajstić information content (AvgIpc) is 3.17. The molecule has 0 aliphatic rings. The largest absolute Gasteiger partial charge is 0.331 e. The Morgan fingerprint density at radius 1 is 1.14 bits per heavy atom. The molecule has 1 aromatic heterocycles. The maximum atomic E-state index is 13.3. The molecule has 0 saturated carbocycles. The molecule has 2 aromatic carbocycles. The number of hydrogen-bond acceptors (Lipinski definition) is 4. The van der Waals surface area contributed by atoms with Gasteiger partial charge in [0.25, 0.3) is 0 Å². The van der Waals surface area contributed by atoms with Crippen LogP contribution in [0.2, 0.25) is 0 Å².